The molecule has 1 fully saturated rings. The first-order valence-electron chi connectivity index (χ1n) is 10.7. The number of aromatic nitrogens is 1. The second-order valence-electron chi connectivity index (χ2n) is 9.06. The Kier molecular flexibility index (Phi) is 4.86. The molecule has 4 unspecified atom stereocenters. The van der Waals surface area contributed by atoms with Gasteiger partial charge in [0.1, 0.15) is 35.1 Å². The summed E-state index contributed by atoms with van der Waals surface area (Å²) in [6, 6.07) is 1.82. The van der Waals surface area contributed by atoms with Crippen molar-refractivity contribution in [3.63, 3.8) is 0 Å². The highest BCUT2D eigenvalue weighted by Gasteiger charge is 2.63. The van der Waals surface area contributed by atoms with Gasteiger partial charge in [-0.3, -0.25) is 9.59 Å². The van der Waals surface area contributed by atoms with E-state index in [1.165, 1.54) is 18.5 Å². The number of carbonyl (C=O) groups excluding carboxylic acids is 2. The second kappa shape index (κ2) is 7.48. The van der Waals surface area contributed by atoms with Crippen LogP contribution in [0.2, 0.25) is 0 Å². The predicted molar refractivity (Wildman–Crippen MR) is 117 cm³/mol. The number of benzene rings is 1. The minimum absolute atomic E-state index is 0.0593. The van der Waals surface area contributed by atoms with Gasteiger partial charge in [0.15, 0.2) is 5.78 Å². The standard InChI is InChI=1S/C23H21N3O9/c1-7-8-2-3-9(22-25-4-5-35-22)18(28)13(8)19(29)14-12(7)17(26-34)10-6-11(27)16(21(24)31)23(32,33)15(10)20(14)30/h2-5,7,10,12,15,17,27-29,32-33H,6H2,1H3,(H2,24,31)/t7-,10?,12?,15?,17?/m0/s1. The molecule has 0 aliphatic heterocycles. The van der Waals surface area contributed by atoms with Crippen LogP contribution in [-0.4, -0.2) is 54.0 Å². The summed E-state index contributed by atoms with van der Waals surface area (Å²) >= 11 is 0. The van der Waals surface area contributed by atoms with Gasteiger partial charge in [-0.05, 0) is 17.5 Å². The molecule has 35 heavy (non-hydrogen) atoms. The number of fused-ring (bicyclic) bond motifs is 3. The van der Waals surface area contributed by atoms with E-state index in [4.69, 9.17) is 10.2 Å². The number of hydrogen-bond acceptors (Lipinski definition) is 11. The van der Waals surface area contributed by atoms with Crippen LogP contribution >= 0.6 is 0 Å². The molecule has 0 bridgehead atoms. The molecular formula is C23H21N3O9. The number of aliphatic hydroxyl groups is 4. The summed E-state index contributed by atoms with van der Waals surface area (Å²) in [5, 5.41) is 57.3. The summed E-state index contributed by atoms with van der Waals surface area (Å²) in [7, 11) is 0. The minimum Gasteiger partial charge on any atom is -0.512 e. The lowest BCUT2D eigenvalue weighted by molar-refractivity contribution is -0.199. The Morgan fingerprint density at radius 3 is 2.57 bits per heavy atom. The molecule has 3 aliphatic carbocycles. The number of rotatable bonds is 3. The van der Waals surface area contributed by atoms with Crippen LogP contribution in [0, 0.1) is 22.7 Å². The van der Waals surface area contributed by atoms with Crippen molar-refractivity contribution in [2.45, 2.75) is 31.1 Å². The average Bonchev–Trinajstić information content (AvgIpc) is 3.30. The van der Waals surface area contributed by atoms with Crippen molar-refractivity contribution in [3.05, 3.63) is 57.5 Å². The van der Waals surface area contributed by atoms with Gasteiger partial charge in [-0.2, -0.15) is 4.91 Å². The van der Waals surface area contributed by atoms with E-state index in [1.54, 1.807) is 13.0 Å². The Balaban J connectivity index is 1.75. The highest BCUT2D eigenvalue weighted by molar-refractivity contribution is 6.08. The van der Waals surface area contributed by atoms with Gasteiger partial charge >= 0.3 is 0 Å². The number of Topliss-reactive ketones (excluding diaryl/α,β-unsaturated/α-hetero) is 1. The average molecular weight is 483 g/mol. The zero-order chi connectivity index (χ0) is 25.4. The van der Waals surface area contributed by atoms with E-state index in [2.05, 4.69) is 10.2 Å². The monoisotopic (exact) mass is 483 g/mol. The normalized spacial score (nSPS) is 29.3. The molecule has 0 radical (unpaired) electrons. The first-order chi connectivity index (χ1) is 16.5. The number of nitrogens with zero attached hydrogens (tertiary/aromatic N) is 2. The predicted octanol–water partition coefficient (Wildman–Crippen LogP) is 1.38. The molecule has 2 aromatic rings. The molecule has 12 heteroatoms. The number of ketones is 1. The van der Waals surface area contributed by atoms with Crippen molar-refractivity contribution >= 4 is 17.4 Å². The fourth-order valence-corrected chi connectivity index (χ4v) is 5.95. The van der Waals surface area contributed by atoms with E-state index in [9.17, 15) is 40.0 Å². The quantitative estimate of drug-likeness (QED) is 0.272. The molecule has 1 aromatic carbocycles. The molecule has 1 amide bonds. The van der Waals surface area contributed by atoms with Gasteiger partial charge in [0.2, 0.25) is 11.7 Å². The third-order valence-corrected chi connectivity index (χ3v) is 7.40. The summed E-state index contributed by atoms with van der Waals surface area (Å²) < 4.78 is 5.23. The molecule has 12 nitrogen and oxygen atoms in total. The molecule has 1 aromatic heterocycles. The maximum Gasteiger partial charge on any atom is 0.253 e. The smallest absolute Gasteiger partial charge is 0.253 e. The SMILES string of the molecule is C[C@H]1c2ccc(-c3ncco3)c(O)c2C(O)=C2C(=O)C3C(CC(O)=C(C(N)=O)C3(O)O)C(N=O)C21. The number of phenolic OH excluding ortho intramolecular Hbond substituents is 1. The van der Waals surface area contributed by atoms with E-state index >= 15 is 0 Å². The van der Waals surface area contributed by atoms with Crippen LogP contribution in [0.25, 0.3) is 17.2 Å². The maximum absolute atomic E-state index is 13.7. The minimum atomic E-state index is -3.22. The number of oxazole rings is 1. The lowest BCUT2D eigenvalue weighted by Gasteiger charge is -2.50. The molecule has 1 saturated carbocycles. The maximum atomic E-state index is 13.7. The van der Waals surface area contributed by atoms with Gasteiger partial charge in [-0.25, -0.2) is 4.98 Å². The number of allylic oxidation sites excluding steroid dienone is 1. The number of aliphatic hydroxyl groups excluding tert-OH is 2. The summed E-state index contributed by atoms with van der Waals surface area (Å²) in [6.45, 7) is 1.67. The third kappa shape index (κ3) is 2.90. The van der Waals surface area contributed by atoms with Crippen LogP contribution < -0.4 is 5.73 Å². The Morgan fingerprint density at radius 1 is 1.26 bits per heavy atom. The van der Waals surface area contributed by atoms with Crippen molar-refractivity contribution in [1.29, 1.82) is 0 Å². The first kappa shape index (κ1) is 22.7. The zero-order valence-corrected chi connectivity index (χ0v) is 18.2. The van der Waals surface area contributed by atoms with Gasteiger partial charge < -0.3 is 35.7 Å². The number of nitroso groups, excluding NO2 is 1. The fourth-order valence-electron chi connectivity index (χ4n) is 5.95. The van der Waals surface area contributed by atoms with E-state index in [0.29, 0.717) is 5.56 Å². The van der Waals surface area contributed by atoms with Gasteiger partial charge in [0.25, 0.3) is 5.91 Å². The van der Waals surface area contributed by atoms with Crippen molar-refractivity contribution in [2.75, 3.05) is 0 Å². The summed E-state index contributed by atoms with van der Waals surface area (Å²) in [5.74, 6) is -12.0. The summed E-state index contributed by atoms with van der Waals surface area (Å²) in [4.78, 5) is 41.6. The van der Waals surface area contributed by atoms with Crippen molar-refractivity contribution in [2.24, 2.45) is 28.7 Å². The number of amides is 1. The van der Waals surface area contributed by atoms with E-state index in [1.807, 2.05) is 0 Å². The molecule has 5 atom stereocenters. The van der Waals surface area contributed by atoms with Gasteiger partial charge in [-0.15, -0.1) is 0 Å². The Bertz CT molecular complexity index is 1340. The van der Waals surface area contributed by atoms with E-state index in [0.717, 1.165) is 0 Å². The highest BCUT2D eigenvalue weighted by Crippen LogP contribution is 2.57. The number of hydrogen-bond donors (Lipinski definition) is 6. The topological polar surface area (TPSA) is 217 Å². The molecule has 3 aliphatic rings. The third-order valence-electron chi connectivity index (χ3n) is 7.40. The lowest BCUT2D eigenvalue weighted by Crippen LogP contribution is -2.61. The first-order valence-corrected chi connectivity index (χ1v) is 10.7. The van der Waals surface area contributed by atoms with Crippen molar-refractivity contribution in [1.82, 2.24) is 4.98 Å². The molecule has 5 rings (SSSR count). The van der Waals surface area contributed by atoms with Crippen molar-refractivity contribution < 1.29 is 39.5 Å². The van der Waals surface area contributed by atoms with E-state index < -0.39 is 76.5 Å². The van der Waals surface area contributed by atoms with E-state index in [-0.39, 0.29) is 22.6 Å². The molecular weight excluding hydrogens is 462 g/mol. The molecule has 0 spiro atoms. The number of primary amides is 1. The summed E-state index contributed by atoms with van der Waals surface area (Å²) in [5.41, 5.74) is 4.36. The van der Waals surface area contributed by atoms with Gasteiger partial charge in [-0.1, -0.05) is 18.2 Å². The zero-order valence-electron chi connectivity index (χ0n) is 18.2. The van der Waals surface area contributed by atoms with Crippen LogP contribution in [-0.2, 0) is 9.59 Å². The second-order valence-corrected chi connectivity index (χ2v) is 9.06. The van der Waals surface area contributed by atoms with Crippen LogP contribution in [0.15, 0.2) is 51.1 Å². The Morgan fingerprint density at radius 2 is 1.97 bits per heavy atom. The number of phenols is 1. The van der Waals surface area contributed by atoms with Gasteiger partial charge in [0, 0.05) is 23.8 Å². The fraction of sp³-hybridized carbons (Fsp3) is 0.348. The van der Waals surface area contributed by atoms with Crippen LogP contribution in [0.3, 0.4) is 0 Å². The summed E-state index contributed by atoms with van der Waals surface area (Å²) in [6.07, 6.45) is 2.23. The number of carbonyl (C=O) groups is 2. The van der Waals surface area contributed by atoms with Crippen LogP contribution in [0.4, 0.5) is 0 Å². The largest absolute Gasteiger partial charge is 0.512 e. The molecule has 7 N–H and O–H groups in total. The molecule has 1 heterocycles. The van der Waals surface area contributed by atoms with Crippen molar-refractivity contribution in [3.8, 4) is 17.2 Å². The van der Waals surface area contributed by atoms with Crippen LogP contribution in [0.5, 0.6) is 5.75 Å². The Labute approximate surface area is 197 Å². The van der Waals surface area contributed by atoms with Gasteiger partial charge in [0.05, 0.1) is 23.2 Å². The highest BCUT2D eigenvalue weighted by atomic mass is 16.5. The number of aromatic hydroxyl groups is 1. The van der Waals surface area contributed by atoms with Crippen LogP contribution in [0.1, 0.15) is 30.4 Å². The Hall–Kier alpha value is -4.03. The molecule has 182 valence electrons. The lowest BCUT2D eigenvalue weighted by atomic mass is 9.55. The number of nitrogens with two attached hydrogens (primary N) is 1. The molecule has 0 saturated heterocycles.